The number of hydrogen-bond donors (Lipinski definition) is 1. The Kier molecular flexibility index (Phi) is 3.51. The molecule has 4 nitrogen and oxygen atoms in total. The minimum absolute atomic E-state index is 0.137. The lowest BCUT2D eigenvalue weighted by atomic mass is 10.2. The molecule has 1 N–H and O–H groups in total. The number of thiocarbonyl (C=S) groups is 1. The number of carboxylic acid groups (broad SMARTS) is 1. The highest BCUT2D eigenvalue weighted by molar-refractivity contribution is 7.80. The summed E-state index contributed by atoms with van der Waals surface area (Å²) in [7, 11) is 0. The largest absolute Gasteiger partial charge is 0.473 e. The zero-order chi connectivity index (χ0) is 11.4. The Balaban J connectivity index is 2.74. The lowest BCUT2D eigenvalue weighted by Crippen LogP contribution is -2.19. The summed E-state index contributed by atoms with van der Waals surface area (Å²) >= 11 is 4.75. The molecular formula is C10H8O4S. The molecule has 0 unspecified atom stereocenters. The van der Waals surface area contributed by atoms with Crippen LogP contribution in [0.5, 0.6) is 0 Å². The quantitative estimate of drug-likeness (QED) is 0.442. The maximum absolute atomic E-state index is 10.7. The third-order valence-corrected chi connectivity index (χ3v) is 1.97. The number of aryl methyl sites for hydroxylation is 1. The van der Waals surface area contributed by atoms with Crippen molar-refractivity contribution in [2.75, 3.05) is 0 Å². The van der Waals surface area contributed by atoms with Gasteiger partial charge in [0.05, 0.1) is 0 Å². The van der Waals surface area contributed by atoms with Crippen LogP contribution in [0, 0.1) is 6.92 Å². The van der Waals surface area contributed by atoms with Gasteiger partial charge in [-0.2, -0.15) is 0 Å². The van der Waals surface area contributed by atoms with Crippen LogP contribution in [0.2, 0.25) is 0 Å². The molecule has 1 aromatic rings. The molecule has 0 atom stereocenters. The van der Waals surface area contributed by atoms with E-state index in [9.17, 15) is 9.59 Å². The third-order valence-electron chi connectivity index (χ3n) is 1.65. The van der Waals surface area contributed by atoms with Gasteiger partial charge in [-0.3, -0.25) is 0 Å². The van der Waals surface area contributed by atoms with Gasteiger partial charge in [0.2, 0.25) is 5.05 Å². The summed E-state index contributed by atoms with van der Waals surface area (Å²) < 4.78 is 4.43. The average molecular weight is 224 g/mol. The number of aliphatic carboxylic acids is 1. The van der Waals surface area contributed by atoms with Crippen molar-refractivity contribution in [3.63, 3.8) is 0 Å². The Labute approximate surface area is 91.5 Å². The zero-order valence-corrected chi connectivity index (χ0v) is 8.71. The van der Waals surface area contributed by atoms with Gasteiger partial charge in [0.15, 0.2) is 0 Å². The molecule has 0 heterocycles. The second-order valence-electron chi connectivity index (χ2n) is 2.85. The maximum atomic E-state index is 10.7. The van der Waals surface area contributed by atoms with Crippen LogP contribution in [0.25, 0.3) is 0 Å². The molecule has 0 bridgehead atoms. The molecule has 0 spiro atoms. The van der Waals surface area contributed by atoms with E-state index in [4.69, 9.17) is 17.3 Å². The van der Waals surface area contributed by atoms with Gasteiger partial charge in [0, 0.05) is 5.56 Å². The van der Waals surface area contributed by atoms with Crippen molar-refractivity contribution in [3.8, 4) is 0 Å². The number of carboxylic acids is 1. The lowest BCUT2D eigenvalue weighted by Gasteiger charge is -2.03. The van der Waals surface area contributed by atoms with E-state index in [0.29, 0.717) is 5.56 Å². The highest BCUT2D eigenvalue weighted by atomic mass is 32.1. The predicted octanol–water partition coefficient (Wildman–Crippen LogP) is 1.30. The Morgan fingerprint density at radius 2 is 1.80 bits per heavy atom. The molecule has 0 fully saturated rings. The molecule has 0 aliphatic carbocycles. The molecule has 1 rings (SSSR count). The molecule has 0 radical (unpaired) electrons. The fourth-order valence-corrected chi connectivity index (χ4v) is 1.09. The van der Waals surface area contributed by atoms with Crippen LogP contribution in [0.15, 0.2) is 24.3 Å². The first kappa shape index (κ1) is 11.3. The lowest BCUT2D eigenvalue weighted by molar-refractivity contribution is -0.158. The number of carbonyl (C=O) groups excluding carboxylic acids is 1. The topological polar surface area (TPSA) is 63.6 Å². The normalized spacial score (nSPS) is 9.40. The van der Waals surface area contributed by atoms with E-state index in [1.54, 1.807) is 24.3 Å². The fourth-order valence-electron chi connectivity index (χ4n) is 0.876. The summed E-state index contributed by atoms with van der Waals surface area (Å²) in [6.07, 6.45) is 0. The summed E-state index contributed by atoms with van der Waals surface area (Å²) in [6, 6.07) is 6.89. The van der Waals surface area contributed by atoms with Gasteiger partial charge in [0.1, 0.15) is 0 Å². The summed E-state index contributed by atoms with van der Waals surface area (Å²) in [5, 5.41) is 8.15. The van der Waals surface area contributed by atoms with Gasteiger partial charge < -0.3 is 9.84 Å². The first-order chi connectivity index (χ1) is 7.00. The second-order valence-corrected chi connectivity index (χ2v) is 3.22. The summed E-state index contributed by atoms with van der Waals surface area (Å²) in [5.74, 6) is -3.04. The van der Waals surface area contributed by atoms with Crippen LogP contribution in [0.4, 0.5) is 0 Å². The molecule has 78 valence electrons. The molecule has 0 saturated heterocycles. The predicted molar refractivity (Wildman–Crippen MR) is 56.6 cm³/mol. The van der Waals surface area contributed by atoms with E-state index >= 15 is 0 Å². The van der Waals surface area contributed by atoms with Crippen LogP contribution in [-0.4, -0.2) is 22.1 Å². The molecule has 0 aliphatic heterocycles. The van der Waals surface area contributed by atoms with E-state index in [1.165, 1.54) is 0 Å². The summed E-state index contributed by atoms with van der Waals surface area (Å²) in [6.45, 7) is 1.90. The standard InChI is InChI=1S/C10H8O4S/c1-6-2-4-7(5-3-6)10(15)14-9(13)8(11)12/h2-5H,1H3,(H,11,12). The molecule has 1 aromatic carbocycles. The molecule has 0 aliphatic rings. The molecule has 0 amide bonds. The van der Waals surface area contributed by atoms with Crippen molar-refractivity contribution < 1.29 is 19.4 Å². The van der Waals surface area contributed by atoms with Gasteiger partial charge in [0.25, 0.3) is 0 Å². The second kappa shape index (κ2) is 4.65. The van der Waals surface area contributed by atoms with E-state index in [-0.39, 0.29) is 5.05 Å². The molecule has 0 aromatic heterocycles. The van der Waals surface area contributed by atoms with E-state index < -0.39 is 11.9 Å². The van der Waals surface area contributed by atoms with Crippen molar-refractivity contribution in [1.29, 1.82) is 0 Å². The van der Waals surface area contributed by atoms with Crippen molar-refractivity contribution in [2.45, 2.75) is 6.92 Å². The Bertz CT molecular complexity index is 408. The zero-order valence-electron chi connectivity index (χ0n) is 7.89. The van der Waals surface area contributed by atoms with Gasteiger partial charge in [-0.15, -0.1) is 0 Å². The van der Waals surface area contributed by atoms with Gasteiger partial charge in [-0.05, 0) is 19.1 Å². The number of carbonyl (C=O) groups is 2. The van der Waals surface area contributed by atoms with Crippen molar-refractivity contribution >= 4 is 29.2 Å². The van der Waals surface area contributed by atoms with Gasteiger partial charge >= 0.3 is 11.9 Å². The Hall–Kier alpha value is -1.75. The van der Waals surface area contributed by atoms with Gasteiger partial charge in [-0.25, -0.2) is 9.59 Å². The van der Waals surface area contributed by atoms with Crippen molar-refractivity contribution in [3.05, 3.63) is 35.4 Å². The van der Waals surface area contributed by atoms with Crippen LogP contribution in [0.3, 0.4) is 0 Å². The first-order valence-corrected chi connectivity index (χ1v) is 4.47. The Morgan fingerprint density at radius 1 is 1.27 bits per heavy atom. The van der Waals surface area contributed by atoms with E-state index in [0.717, 1.165) is 5.56 Å². The molecule has 15 heavy (non-hydrogen) atoms. The Morgan fingerprint density at radius 3 is 2.27 bits per heavy atom. The van der Waals surface area contributed by atoms with E-state index in [2.05, 4.69) is 4.74 Å². The molecule has 5 heteroatoms. The van der Waals surface area contributed by atoms with Crippen LogP contribution < -0.4 is 0 Å². The van der Waals surface area contributed by atoms with Crippen molar-refractivity contribution in [2.24, 2.45) is 0 Å². The first-order valence-electron chi connectivity index (χ1n) is 4.07. The number of esters is 1. The smallest absolute Gasteiger partial charge is 0.423 e. The summed E-state index contributed by atoms with van der Waals surface area (Å²) in [4.78, 5) is 20.9. The third kappa shape index (κ3) is 3.14. The number of hydrogen-bond acceptors (Lipinski definition) is 4. The monoisotopic (exact) mass is 224 g/mol. The highest BCUT2D eigenvalue weighted by Gasteiger charge is 2.16. The SMILES string of the molecule is Cc1ccc(C(=S)OC(=O)C(=O)O)cc1. The maximum Gasteiger partial charge on any atom is 0.423 e. The average Bonchev–Trinajstić information content (AvgIpc) is 2.18. The molecular weight excluding hydrogens is 216 g/mol. The van der Waals surface area contributed by atoms with Gasteiger partial charge in [-0.1, -0.05) is 29.8 Å². The number of benzene rings is 1. The van der Waals surface area contributed by atoms with Crippen LogP contribution in [0.1, 0.15) is 11.1 Å². The highest BCUT2D eigenvalue weighted by Crippen LogP contribution is 2.06. The number of ether oxygens (including phenoxy) is 1. The van der Waals surface area contributed by atoms with Crippen molar-refractivity contribution in [1.82, 2.24) is 0 Å². The van der Waals surface area contributed by atoms with Crippen LogP contribution in [-0.2, 0) is 14.3 Å². The summed E-state index contributed by atoms with van der Waals surface area (Å²) in [5.41, 5.74) is 1.54. The fraction of sp³-hybridized carbons (Fsp3) is 0.100. The van der Waals surface area contributed by atoms with Crippen LogP contribution >= 0.6 is 12.2 Å². The number of rotatable bonds is 1. The minimum Gasteiger partial charge on any atom is -0.473 e. The molecule has 0 saturated carbocycles. The van der Waals surface area contributed by atoms with E-state index in [1.807, 2.05) is 6.92 Å². The minimum atomic E-state index is -1.66.